The van der Waals surface area contributed by atoms with Crippen LogP contribution in [0.5, 0.6) is 5.75 Å². The minimum Gasteiger partial charge on any atom is -0.497 e. The van der Waals surface area contributed by atoms with Crippen LogP contribution in [0.15, 0.2) is 53.0 Å². The van der Waals surface area contributed by atoms with Gasteiger partial charge in [0.05, 0.1) is 13.2 Å². The summed E-state index contributed by atoms with van der Waals surface area (Å²) in [6.45, 7) is 2.70. The van der Waals surface area contributed by atoms with Gasteiger partial charge in [0, 0.05) is 54.3 Å². The molecule has 1 unspecified atom stereocenters. The minimum absolute atomic E-state index is 0.139. The number of aliphatic hydroxyl groups excluding tert-OH is 1. The Bertz CT molecular complexity index is 938. The molecular weight excluding hydrogens is 484 g/mol. The molecule has 2 fully saturated rings. The number of fused-ring (bicyclic) bond motifs is 1. The Kier molecular flexibility index (Phi) is 7.58. The van der Waals surface area contributed by atoms with Gasteiger partial charge < -0.3 is 25.0 Å². The third-order valence-electron chi connectivity index (χ3n) is 6.68. The molecule has 2 aromatic carbocycles. The highest BCUT2D eigenvalue weighted by atomic mass is 79.9. The standard InChI is InChI=1S/C25H33BrN4O3/c1-28(2)15-22-24(17-4-6-18(26)7-5-17)23-16-29(13-12-20(31)14-30(22)23)25(32)27-19-8-10-21(33-3)11-9-19/h4-11,20,22-24,31H,12-16H2,1-3H3,(H,27,32)/t20?,22-,23+,24+/m1/s1. The fourth-order valence-electron chi connectivity index (χ4n) is 5.04. The molecule has 0 spiro atoms. The van der Waals surface area contributed by atoms with E-state index in [0.717, 1.165) is 22.5 Å². The van der Waals surface area contributed by atoms with E-state index in [2.05, 4.69) is 69.4 Å². The van der Waals surface area contributed by atoms with Crippen LogP contribution >= 0.6 is 15.9 Å². The van der Waals surface area contributed by atoms with Crippen LogP contribution in [0, 0.1) is 0 Å². The molecule has 33 heavy (non-hydrogen) atoms. The van der Waals surface area contributed by atoms with E-state index in [1.807, 2.05) is 29.2 Å². The summed E-state index contributed by atoms with van der Waals surface area (Å²) in [6, 6.07) is 16.2. The molecule has 0 radical (unpaired) electrons. The number of rotatable bonds is 5. The number of hydrogen-bond acceptors (Lipinski definition) is 5. The average molecular weight is 517 g/mol. The third kappa shape index (κ3) is 5.51. The number of ether oxygens (including phenoxy) is 1. The summed E-state index contributed by atoms with van der Waals surface area (Å²) >= 11 is 3.54. The number of anilines is 1. The molecule has 2 saturated heterocycles. The van der Waals surface area contributed by atoms with Gasteiger partial charge in [-0.2, -0.15) is 0 Å². The van der Waals surface area contributed by atoms with Crippen LogP contribution in [0.2, 0.25) is 0 Å². The van der Waals surface area contributed by atoms with Gasteiger partial charge in [-0.15, -0.1) is 0 Å². The number of amides is 2. The van der Waals surface area contributed by atoms with E-state index in [1.165, 1.54) is 5.56 Å². The lowest BCUT2D eigenvalue weighted by Crippen LogP contribution is -2.70. The fourth-order valence-corrected chi connectivity index (χ4v) is 5.31. The molecular formula is C25H33BrN4O3. The molecule has 0 saturated carbocycles. The van der Waals surface area contributed by atoms with Gasteiger partial charge in [-0.05, 0) is 62.5 Å². The number of hydrogen-bond donors (Lipinski definition) is 2. The molecule has 2 N–H and O–H groups in total. The van der Waals surface area contributed by atoms with Crippen LogP contribution in [-0.4, -0.2) is 91.4 Å². The number of carbonyl (C=O) groups is 1. The first kappa shape index (κ1) is 24.0. The maximum atomic E-state index is 13.2. The number of nitrogens with one attached hydrogen (secondary N) is 1. The Hall–Kier alpha value is -2.13. The minimum atomic E-state index is -0.459. The van der Waals surface area contributed by atoms with Gasteiger partial charge in [0.25, 0.3) is 0 Å². The molecule has 178 valence electrons. The Labute approximate surface area is 204 Å². The lowest BCUT2D eigenvalue weighted by molar-refractivity contribution is -0.0735. The maximum Gasteiger partial charge on any atom is 0.321 e. The van der Waals surface area contributed by atoms with E-state index in [4.69, 9.17) is 4.74 Å². The molecule has 2 heterocycles. The second kappa shape index (κ2) is 10.4. The van der Waals surface area contributed by atoms with Gasteiger partial charge >= 0.3 is 6.03 Å². The highest BCUT2D eigenvalue weighted by Crippen LogP contribution is 2.42. The van der Waals surface area contributed by atoms with Crippen molar-refractivity contribution in [2.75, 3.05) is 52.7 Å². The number of urea groups is 1. The van der Waals surface area contributed by atoms with Crippen molar-refractivity contribution in [2.24, 2.45) is 0 Å². The zero-order chi connectivity index (χ0) is 23.5. The van der Waals surface area contributed by atoms with Crippen molar-refractivity contribution in [1.82, 2.24) is 14.7 Å². The van der Waals surface area contributed by atoms with Gasteiger partial charge in [-0.25, -0.2) is 4.79 Å². The van der Waals surface area contributed by atoms with Gasteiger partial charge in [0.15, 0.2) is 0 Å². The quantitative estimate of drug-likeness (QED) is 0.636. The second-order valence-corrected chi connectivity index (χ2v) is 10.1. The number of aliphatic hydroxyl groups is 1. The van der Waals surface area contributed by atoms with Gasteiger partial charge in [-0.1, -0.05) is 28.1 Å². The molecule has 2 aliphatic rings. The Balaban J connectivity index is 1.55. The zero-order valence-corrected chi connectivity index (χ0v) is 21.0. The summed E-state index contributed by atoms with van der Waals surface area (Å²) in [5.74, 6) is 1.04. The Morgan fingerprint density at radius 3 is 2.48 bits per heavy atom. The van der Waals surface area contributed by atoms with Crippen LogP contribution in [-0.2, 0) is 0 Å². The van der Waals surface area contributed by atoms with Crippen molar-refractivity contribution in [3.63, 3.8) is 0 Å². The Morgan fingerprint density at radius 1 is 1.15 bits per heavy atom. The van der Waals surface area contributed by atoms with E-state index in [-0.39, 0.29) is 12.1 Å². The molecule has 2 aromatic rings. The topological polar surface area (TPSA) is 68.3 Å². The summed E-state index contributed by atoms with van der Waals surface area (Å²) in [5.41, 5.74) is 2.00. The molecule has 8 heteroatoms. The predicted molar refractivity (Wildman–Crippen MR) is 134 cm³/mol. The summed E-state index contributed by atoms with van der Waals surface area (Å²) in [4.78, 5) is 19.6. The monoisotopic (exact) mass is 516 g/mol. The van der Waals surface area contributed by atoms with Crippen molar-refractivity contribution < 1.29 is 14.6 Å². The van der Waals surface area contributed by atoms with Crippen molar-refractivity contribution in [1.29, 1.82) is 0 Å². The third-order valence-corrected chi connectivity index (χ3v) is 7.21. The van der Waals surface area contributed by atoms with Gasteiger partial charge in [-0.3, -0.25) is 4.90 Å². The van der Waals surface area contributed by atoms with Crippen LogP contribution in [0.4, 0.5) is 10.5 Å². The normalized spacial score (nSPS) is 25.6. The highest BCUT2D eigenvalue weighted by molar-refractivity contribution is 9.10. The average Bonchev–Trinajstić information content (AvgIpc) is 2.79. The van der Waals surface area contributed by atoms with Gasteiger partial charge in [0.2, 0.25) is 0 Å². The highest BCUT2D eigenvalue weighted by Gasteiger charge is 2.50. The molecule has 0 aromatic heterocycles. The summed E-state index contributed by atoms with van der Waals surface area (Å²) in [7, 11) is 5.79. The molecule has 7 nitrogen and oxygen atoms in total. The number of likely N-dealkylation sites (N-methyl/N-ethyl adjacent to an activating group) is 1. The van der Waals surface area contributed by atoms with E-state index >= 15 is 0 Å². The van der Waals surface area contributed by atoms with E-state index < -0.39 is 6.10 Å². The molecule has 4 rings (SSSR count). The summed E-state index contributed by atoms with van der Waals surface area (Å²) < 4.78 is 6.26. The summed E-state index contributed by atoms with van der Waals surface area (Å²) in [5, 5.41) is 13.7. The van der Waals surface area contributed by atoms with Crippen LogP contribution in [0.1, 0.15) is 17.9 Å². The van der Waals surface area contributed by atoms with Crippen molar-refractivity contribution in [3.8, 4) is 5.75 Å². The SMILES string of the molecule is COc1ccc(NC(=O)N2CCC(O)CN3[C@H](CN(C)C)[C@H](c4ccc(Br)cc4)[C@@H]3C2)cc1. The second-order valence-electron chi connectivity index (χ2n) is 9.22. The molecule has 2 aliphatic heterocycles. The zero-order valence-electron chi connectivity index (χ0n) is 19.4. The largest absolute Gasteiger partial charge is 0.497 e. The Morgan fingerprint density at radius 2 is 1.85 bits per heavy atom. The van der Waals surface area contributed by atoms with Crippen LogP contribution < -0.4 is 10.1 Å². The van der Waals surface area contributed by atoms with E-state index in [9.17, 15) is 9.90 Å². The van der Waals surface area contributed by atoms with Crippen LogP contribution in [0.3, 0.4) is 0 Å². The smallest absolute Gasteiger partial charge is 0.321 e. The van der Waals surface area contributed by atoms with Gasteiger partial charge in [0.1, 0.15) is 5.75 Å². The number of benzene rings is 2. The molecule has 2 amide bonds. The predicted octanol–water partition coefficient (Wildman–Crippen LogP) is 3.45. The fraction of sp³-hybridized carbons (Fsp3) is 0.480. The first-order chi connectivity index (χ1) is 15.9. The van der Waals surface area contributed by atoms with E-state index in [0.29, 0.717) is 38.0 Å². The van der Waals surface area contributed by atoms with Crippen molar-refractivity contribution in [3.05, 3.63) is 58.6 Å². The maximum absolute atomic E-state index is 13.2. The number of carbonyl (C=O) groups excluding carboxylic acids is 1. The number of methoxy groups -OCH3 is 1. The lowest BCUT2D eigenvalue weighted by atomic mass is 9.73. The number of halogens is 1. The molecule has 0 bridgehead atoms. The van der Waals surface area contributed by atoms with Crippen LogP contribution in [0.25, 0.3) is 0 Å². The lowest BCUT2D eigenvalue weighted by Gasteiger charge is -2.58. The van der Waals surface area contributed by atoms with Crippen molar-refractivity contribution in [2.45, 2.75) is 30.5 Å². The summed E-state index contributed by atoms with van der Waals surface area (Å²) in [6.07, 6.45) is 0.108. The first-order valence-corrected chi connectivity index (χ1v) is 12.2. The molecule has 4 atom stereocenters. The molecule has 0 aliphatic carbocycles. The first-order valence-electron chi connectivity index (χ1n) is 11.4. The number of nitrogens with zero attached hydrogens (tertiary/aromatic N) is 3. The van der Waals surface area contributed by atoms with E-state index in [1.54, 1.807) is 7.11 Å². The van der Waals surface area contributed by atoms with Crippen molar-refractivity contribution >= 4 is 27.6 Å².